The molecule has 0 radical (unpaired) electrons. The fraction of sp³-hybridized carbons (Fsp3) is 0.143. The van der Waals surface area contributed by atoms with Crippen LogP contribution in [0.5, 0.6) is 5.75 Å². The number of methoxy groups -OCH3 is 1. The van der Waals surface area contributed by atoms with Crippen molar-refractivity contribution in [2.24, 2.45) is 0 Å². The monoisotopic (exact) mass is 243 g/mol. The summed E-state index contributed by atoms with van der Waals surface area (Å²) >= 11 is 0. The van der Waals surface area contributed by atoms with Crippen molar-refractivity contribution >= 4 is 12.0 Å². The molecule has 0 atom stereocenters. The third kappa shape index (κ3) is 3.80. The quantitative estimate of drug-likeness (QED) is 0.344. The van der Waals surface area contributed by atoms with Gasteiger partial charge in [0.1, 0.15) is 24.0 Å². The molecule has 0 N–H and O–H groups in total. The Hall–Kier alpha value is -2.54. The molecular formula is C14H13NO3. The van der Waals surface area contributed by atoms with Crippen molar-refractivity contribution in [3.05, 3.63) is 48.1 Å². The van der Waals surface area contributed by atoms with Crippen LogP contribution in [0.3, 0.4) is 0 Å². The van der Waals surface area contributed by atoms with Gasteiger partial charge in [-0.1, -0.05) is 24.8 Å². The van der Waals surface area contributed by atoms with Crippen LogP contribution in [0.15, 0.2) is 42.5 Å². The second-order valence-electron chi connectivity index (χ2n) is 3.33. The van der Waals surface area contributed by atoms with Crippen LogP contribution in [0, 0.1) is 11.3 Å². The van der Waals surface area contributed by atoms with E-state index in [0.29, 0.717) is 12.4 Å². The van der Waals surface area contributed by atoms with Gasteiger partial charge in [0, 0.05) is 0 Å². The summed E-state index contributed by atoms with van der Waals surface area (Å²) in [5, 5.41) is 8.80. The molecule has 18 heavy (non-hydrogen) atoms. The van der Waals surface area contributed by atoms with E-state index in [1.807, 2.05) is 0 Å². The van der Waals surface area contributed by atoms with Crippen molar-refractivity contribution in [1.29, 1.82) is 5.26 Å². The van der Waals surface area contributed by atoms with Gasteiger partial charge in [-0.15, -0.1) is 0 Å². The van der Waals surface area contributed by atoms with Crippen molar-refractivity contribution in [2.75, 3.05) is 13.7 Å². The fourth-order valence-corrected chi connectivity index (χ4v) is 1.23. The summed E-state index contributed by atoms with van der Waals surface area (Å²) in [4.78, 5) is 11.2. The Kier molecular flexibility index (Phi) is 5.20. The Bertz CT molecular complexity index is 495. The maximum atomic E-state index is 11.2. The van der Waals surface area contributed by atoms with Gasteiger partial charge in [0.25, 0.3) is 0 Å². The van der Waals surface area contributed by atoms with E-state index < -0.39 is 5.97 Å². The number of esters is 1. The van der Waals surface area contributed by atoms with Gasteiger partial charge in [-0.05, 0) is 23.8 Å². The highest BCUT2D eigenvalue weighted by atomic mass is 16.5. The van der Waals surface area contributed by atoms with Gasteiger partial charge < -0.3 is 9.47 Å². The standard InChI is InChI=1S/C14H13NO3/c1-3-8-18-13-6-4-11(5-7-13)9-12(10-15)14(16)17-2/h3-7,9H,1,8H2,2H3. The van der Waals surface area contributed by atoms with Gasteiger partial charge in [-0.2, -0.15) is 5.26 Å². The number of rotatable bonds is 5. The number of nitriles is 1. The van der Waals surface area contributed by atoms with Gasteiger partial charge >= 0.3 is 5.97 Å². The summed E-state index contributed by atoms with van der Waals surface area (Å²) in [7, 11) is 1.24. The van der Waals surface area contributed by atoms with E-state index in [2.05, 4.69) is 11.3 Å². The minimum atomic E-state index is -0.649. The second-order valence-corrected chi connectivity index (χ2v) is 3.33. The summed E-state index contributed by atoms with van der Waals surface area (Å²) in [6.45, 7) is 3.98. The van der Waals surface area contributed by atoms with Crippen LogP contribution < -0.4 is 4.74 Å². The molecule has 1 rings (SSSR count). The van der Waals surface area contributed by atoms with Crippen LogP contribution in [0.2, 0.25) is 0 Å². The first-order chi connectivity index (χ1) is 8.71. The van der Waals surface area contributed by atoms with Crippen LogP contribution in [-0.2, 0) is 9.53 Å². The van der Waals surface area contributed by atoms with Gasteiger partial charge in [0.05, 0.1) is 7.11 Å². The first kappa shape index (κ1) is 13.5. The van der Waals surface area contributed by atoms with Gasteiger partial charge in [-0.25, -0.2) is 4.79 Å². The molecule has 0 aliphatic carbocycles. The molecule has 0 saturated carbocycles. The molecule has 4 heteroatoms. The Balaban J connectivity index is 2.85. The van der Waals surface area contributed by atoms with Crippen LogP contribution >= 0.6 is 0 Å². The Morgan fingerprint density at radius 1 is 1.44 bits per heavy atom. The van der Waals surface area contributed by atoms with Crippen LogP contribution in [0.4, 0.5) is 0 Å². The lowest BCUT2D eigenvalue weighted by Gasteiger charge is -2.03. The minimum Gasteiger partial charge on any atom is -0.490 e. The van der Waals surface area contributed by atoms with E-state index in [9.17, 15) is 4.79 Å². The highest BCUT2D eigenvalue weighted by Gasteiger charge is 2.08. The lowest BCUT2D eigenvalue weighted by molar-refractivity contribution is -0.135. The summed E-state index contributed by atoms with van der Waals surface area (Å²) < 4.78 is 9.80. The maximum Gasteiger partial charge on any atom is 0.348 e. The summed E-state index contributed by atoms with van der Waals surface area (Å²) in [5.41, 5.74) is 0.681. The van der Waals surface area contributed by atoms with Crippen molar-refractivity contribution in [2.45, 2.75) is 0 Å². The van der Waals surface area contributed by atoms with Crippen LogP contribution in [-0.4, -0.2) is 19.7 Å². The molecule has 4 nitrogen and oxygen atoms in total. The number of carbonyl (C=O) groups is 1. The van der Waals surface area contributed by atoms with Crippen molar-refractivity contribution in [3.8, 4) is 11.8 Å². The van der Waals surface area contributed by atoms with E-state index in [1.54, 1.807) is 36.4 Å². The third-order valence-electron chi connectivity index (χ3n) is 2.08. The topological polar surface area (TPSA) is 59.3 Å². The number of carbonyl (C=O) groups excluding carboxylic acids is 1. The van der Waals surface area contributed by atoms with Crippen molar-refractivity contribution in [3.63, 3.8) is 0 Å². The van der Waals surface area contributed by atoms with Crippen molar-refractivity contribution < 1.29 is 14.3 Å². The molecule has 92 valence electrons. The van der Waals surface area contributed by atoms with Crippen LogP contribution in [0.25, 0.3) is 6.08 Å². The van der Waals surface area contributed by atoms with Crippen molar-refractivity contribution in [1.82, 2.24) is 0 Å². The Morgan fingerprint density at radius 3 is 2.61 bits per heavy atom. The average molecular weight is 243 g/mol. The van der Waals surface area contributed by atoms with Crippen LogP contribution in [0.1, 0.15) is 5.56 Å². The highest BCUT2D eigenvalue weighted by Crippen LogP contribution is 2.14. The predicted molar refractivity (Wildman–Crippen MR) is 67.7 cm³/mol. The lowest BCUT2D eigenvalue weighted by Crippen LogP contribution is -2.02. The largest absolute Gasteiger partial charge is 0.490 e. The predicted octanol–water partition coefficient (Wildman–Crippen LogP) is 2.33. The first-order valence-corrected chi connectivity index (χ1v) is 5.25. The molecule has 1 aromatic rings. The molecule has 0 aliphatic rings. The summed E-state index contributed by atoms with van der Waals surface area (Å²) in [6.07, 6.45) is 3.11. The van der Waals surface area contributed by atoms with Gasteiger partial charge in [0.15, 0.2) is 0 Å². The molecule has 0 spiro atoms. The first-order valence-electron chi connectivity index (χ1n) is 5.25. The SMILES string of the molecule is C=CCOc1ccc(C=C(C#N)C(=O)OC)cc1. The maximum absolute atomic E-state index is 11.2. The fourth-order valence-electron chi connectivity index (χ4n) is 1.23. The molecule has 0 aromatic heterocycles. The molecule has 1 aromatic carbocycles. The Morgan fingerprint density at radius 2 is 2.11 bits per heavy atom. The highest BCUT2D eigenvalue weighted by molar-refractivity contribution is 5.97. The molecule has 0 heterocycles. The Labute approximate surface area is 106 Å². The smallest absolute Gasteiger partial charge is 0.348 e. The van der Waals surface area contributed by atoms with E-state index in [0.717, 1.165) is 5.56 Å². The van der Waals surface area contributed by atoms with Gasteiger partial charge in [0.2, 0.25) is 0 Å². The van der Waals surface area contributed by atoms with E-state index >= 15 is 0 Å². The zero-order valence-corrected chi connectivity index (χ0v) is 10.1. The molecule has 0 amide bonds. The normalized spacial score (nSPS) is 10.3. The molecule has 0 saturated heterocycles. The second kappa shape index (κ2) is 6.92. The number of hydrogen-bond donors (Lipinski definition) is 0. The molecule has 0 bridgehead atoms. The lowest BCUT2D eigenvalue weighted by atomic mass is 10.1. The molecule has 0 aliphatic heterocycles. The average Bonchev–Trinajstić information content (AvgIpc) is 2.43. The third-order valence-corrected chi connectivity index (χ3v) is 2.08. The molecule has 0 unspecified atom stereocenters. The van der Waals surface area contributed by atoms with E-state index in [1.165, 1.54) is 13.2 Å². The molecular weight excluding hydrogens is 230 g/mol. The van der Waals surface area contributed by atoms with Gasteiger partial charge in [-0.3, -0.25) is 0 Å². The molecule has 0 fully saturated rings. The number of hydrogen-bond acceptors (Lipinski definition) is 4. The minimum absolute atomic E-state index is 0.0442. The zero-order chi connectivity index (χ0) is 13.4. The number of ether oxygens (including phenoxy) is 2. The zero-order valence-electron chi connectivity index (χ0n) is 10.1. The summed E-state index contributed by atoms with van der Waals surface area (Å²) in [6, 6.07) is 8.79. The van der Waals surface area contributed by atoms with E-state index in [4.69, 9.17) is 10.00 Å². The van der Waals surface area contributed by atoms with E-state index in [-0.39, 0.29) is 5.57 Å². The number of benzene rings is 1. The number of nitrogens with zero attached hydrogens (tertiary/aromatic N) is 1. The summed E-state index contributed by atoms with van der Waals surface area (Å²) in [5.74, 6) is 0.0492.